The molecule has 1 aliphatic rings. The van der Waals surface area contributed by atoms with E-state index in [2.05, 4.69) is 43.2 Å². The second-order valence-electron chi connectivity index (χ2n) is 7.19. The van der Waals surface area contributed by atoms with Crippen molar-refractivity contribution in [2.75, 3.05) is 5.88 Å². The summed E-state index contributed by atoms with van der Waals surface area (Å²) in [4.78, 5) is 14.6. The summed E-state index contributed by atoms with van der Waals surface area (Å²) in [6, 6.07) is 10.4. The molecule has 1 unspecified atom stereocenters. The predicted octanol–water partition coefficient (Wildman–Crippen LogP) is 3.70. The molecular weight excluding hydrogens is 322 g/mol. The Labute approximate surface area is 148 Å². The van der Waals surface area contributed by atoms with Crippen molar-refractivity contribution in [3.05, 3.63) is 53.3 Å². The van der Waals surface area contributed by atoms with Crippen LogP contribution in [0.4, 0.5) is 0 Å². The number of aryl methyl sites for hydroxylation is 2. The molecule has 0 bridgehead atoms. The largest absolute Gasteiger partial charge is 0.328 e. The minimum atomic E-state index is -0.0346. The van der Waals surface area contributed by atoms with Gasteiger partial charge in [0.05, 0.1) is 18.3 Å². The molecule has 1 aromatic carbocycles. The molecule has 2 aromatic rings. The van der Waals surface area contributed by atoms with Gasteiger partial charge in [-0.25, -0.2) is 0 Å². The molecule has 24 heavy (non-hydrogen) atoms. The predicted molar refractivity (Wildman–Crippen MR) is 95.8 cm³/mol. The number of halogens is 1. The van der Waals surface area contributed by atoms with Gasteiger partial charge in [-0.15, -0.1) is 11.6 Å². The normalized spacial score (nSPS) is 18.9. The molecule has 3 rings (SSSR count). The lowest BCUT2D eigenvalue weighted by Gasteiger charge is -2.46. The number of carbonyl (C=O) groups is 1. The van der Waals surface area contributed by atoms with Crippen LogP contribution >= 0.6 is 11.6 Å². The van der Waals surface area contributed by atoms with Crippen LogP contribution in [0.2, 0.25) is 0 Å². The van der Waals surface area contributed by atoms with Crippen molar-refractivity contribution in [3.8, 4) is 0 Å². The number of carbonyl (C=O) groups excluding carboxylic acids is 1. The Hall–Kier alpha value is -1.81. The van der Waals surface area contributed by atoms with E-state index >= 15 is 0 Å². The third-order valence-electron chi connectivity index (χ3n) is 5.13. The first-order valence-corrected chi connectivity index (χ1v) is 8.87. The summed E-state index contributed by atoms with van der Waals surface area (Å²) in [7, 11) is 1.90. The van der Waals surface area contributed by atoms with Crippen LogP contribution in [-0.4, -0.2) is 26.5 Å². The van der Waals surface area contributed by atoms with Crippen LogP contribution in [0.3, 0.4) is 0 Å². The SMILES string of the molecule is Cn1nccc1CN(C(=O)CCl)C1c2ccccc2CCC1(C)C. The van der Waals surface area contributed by atoms with Gasteiger partial charge in [-0.3, -0.25) is 9.48 Å². The fourth-order valence-corrected chi connectivity index (χ4v) is 3.92. The molecule has 0 N–H and O–H groups in total. The van der Waals surface area contributed by atoms with Crippen LogP contribution < -0.4 is 0 Å². The Morgan fingerprint density at radius 3 is 2.79 bits per heavy atom. The molecule has 128 valence electrons. The van der Waals surface area contributed by atoms with E-state index in [1.165, 1.54) is 11.1 Å². The lowest BCUT2D eigenvalue weighted by atomic mass is 9.69. The molecule has 1 atom stereocenters. The summed E-state index contributed by atoms with van der Waals surface area (Å²) in [5, 5.41) is 4.23. The molecule has 0 saturated carbocycles. The third-order valence-corrected chi connectivity index (χ3v) is 5.36. The number of fused-ring (bicyclic) bond motifs is 1. The summed E-state index contributed by atoms with van der Waals surface area (Å²) < 4.78 is 1.82. The van der Waals surface area contributed by atoms with E-state index in [9.17, 15) is 4.79 Å². The summed E-state index contributed by atoms with van der Waals surface area (Å²) in [5.41, 5.74) is 3.58. The number of benzene rings is 1. The maximum Gasteiger partial charge on any atom is 0.238 e. The number of aromatic nitrogens is 2. The van der Waals surface area contributed by atoms with Gasteiger partial charge in [-0.2, -0.15) is 5.10 Å². The van der Waals surface area contributed by atoms with Crippen molar-refractivity contribution in [2.24, 2.45) is 12.5 Å². The molecule has 5 heteroatoms. The zero-order valence-corrected chi connectivity index (χ0v) is 15.3. The van der Waals surface area contributed by atoms with Crippen molar-refractivity contribution >= 4 is 17.5 Å². The topological polar surface area (TPSA) is 38.1 Å². The maximum absolute atomic E-state index is 12.7. The Kier molecular flexibility index (Phi) is 4.68. The van der Waals surface area contributed by atoms with Gasteiger partial charge in [0.2, 0.25) is 5.91 Å². The van der Waals surface area contributed by atoms with Crippen molar-refractivity contribution in [2.45, 2.75) is 39.3 Å². The first kappa shape index (κ1) is 17.0. The van der Waals surface area contributed by atoms with Crippen LogP contribution in [0.25, 0.3) is 0 Å². The molecule has 1 amide bonds. The van der Waals surface area contributed by atoms with E-state index in [-0.39, 0.29) is 23.2 Å². The molecule has 0 aliphatic heterocycles. The highest BCUT2D eigenvalue weighted by molar-refractivity contribution is 6.27. The van der Waals surface area contributed by atoms with Crippen LogP contribution in [0.1, 0.15) is 43.1 Å². The minimum Gasteiger partial charge on any atom is -0.328 e. The number of alkyl halides is 1. The first-order valence-electron chi connectivity index (χ1n) is 8.34. The van der Waals surface area contributed by atoms with Crippen LogP contribution in [0.5, 0.6) is 0 Å². The average Bonchev–Trinajstić information content (AvgIpc) is 2.97. The summed E-state index contributed by atoms with van der Waals surface area (Å²) in [6.45, 7) is 5.00. The smallest absolute Gasteiger partial charge is 0.238 e. The number of hydrogen-bond acceptors (Lipinski definition) is 2. The molecule has 0 fully saturated rings. The van der Waals surface area contributed by atoms with Gasteiger partial charge in [0, 0.05) is 13.2 Å². The number of rotatable bonds is 4. The monoisotopic (exact) mass is 345 g/mol. The van der Waals surface area contributed by atoms with Crippen molar-refractivity contribution in [1.82, 2.24) is 14.7 Å². The van der Waals surface area contributed by atoms with E-state index in [1.54, 1.807) is 6.20 Å². The van der Waals surface area contributed by atoms with Crippen LogP contribution in [-0.2, 0) is 24.8 Å². The van der Waals surface area contributed by atoms with Crippen LogP contribution in [0, 0.1) is 5.41 Å². The lowest BCUT2D eigenvalue weighted by Crippen LogP contribution is -2.45. The minimum absolute atomic E-state index is 0.00529. The molecule has 1 heterocycles. The van der Waals surface area contributed by atoms with Gasteiger partial charge in [0.15, 0.2) is 0 Å². The number of nitrogens with zero attached hydrogens (tertiary/aromatic N) is 3. The molecule has 1 aliphatic carbocycles. The Bertz CT molecular complexity index is 738. The average molecular weight is 346 g/mol. The number of hydrogen-bond donors (Lipinski definition) is 0. The van der Waals surface area contributed by atoms with Gasteiger partial charge >= 0.3 is 0 Å². The van der Waals surface area contributed by atoms with Gasteiger partial charge in [0.25, 0.3) is 0 Å². The lowest BCUT2D eigenvalue weighted by molar-refractivity contribution is -0.135. The van der Waals surface area contributed by atoms with Crippen molar-refractivity contribution in [1.29, 1.82) is 0 Å². The van der Waals surface area contributed by atoms with E-state index in [4.69, 9.17) is 11.6 Å². The van der Waals surface area contributed by atoms with Gasteiger partial charge < -0.3 is 4.90 Å². The summed E-state index contributed by atoms with van der Waals surface area (Å²) >= 11 is 5.95. The highest BCUT2D eigenvalue weighted by atomic mass is 35.5. The highest BCUT2D eigenvalue weighted by Gasteiger charge is 2.41. The van der Waals surface area contributed by atoms with Gasteiger partial charge in [-0.05, 0) is 35.4 Å². The maximum atomic E-state index is 12.7. The summed E-state index contributed by atoms with van der Waals surface area (Å²) in [5.74, 6) is -0.0419. The quantitative estimate of drug-likeness (QED) is 0.792. The fraction of sp³-hybridized carbons (Fsp3) is 0.474. The van der Waals surface area contributed by atoms with Crippen molar-refractivity contribution in [3.63, 3.8) is 0 Å². The summed E-state index contributed by atoms with van der Waals surface area (Å²) in [6.07, 6.45) is 3.86. The second-order valence-corrected chi connectivity index (χ2v) is 7.46. The van der Waals surface area contributed by atoms with E-state index < -0.39 is 0 Å². The van der Waals surface area contributed by atoms with E-state index in [0.29, 0.717) is 6.54 Å². The Morgan fingerprint density at radius 1 is 1.38 bits per heavy atom. The molecule has 0 radical (unpaired) electrons. The molecule has 0 saturated heterocycles. The molecule has 1 aromatic heterocycles. The molecule has 4 nitrogen and oxygen atoms in total. The molecule has 0 spiro atoms. The van der Waals surface area contributed by atoms with Gasteiger partial charge in [0.1, 0.15) is 5.88 Å². The van der Waals surface area contributed by atoms with E-state index in [1.807, 2.05) is 22.7 Å². The number of amides is 1. The van der Waals surface area contributed by atoms with Crippen molar-refractivity contribution < 1.29 is 4.79 Å². The Balaban J connectivity index is 2.05. The standard InChI is InChI=1S/C19H24ClN3O/c1-19(2)10-8-14-6-4-5-7-16(14)18(19)23(17(24)12-20)13-15-9-11-21-22(15)3/h4-7,9,11,18H,8,10,12-13H2,1-3H3. The highest BCUT2D eigenvalue weighted by Crippen LogP contribution is 2.47. The Morgan fingerprint density at radius 2 is 2.12 bits per heavy atom. The fourth-order valence-electron chi connectivity index (χ4n) is 3.76. The second kappa shape index (κ2) is 6.60. The third kappa shape index (κ3) is 3.07. The molecular formula is C19H24ClN3O. The van der Waals surface area contributed by atoms with Crippen LogP contribution in [0.15, 0.2) is 36.5 Å². The zero-order chi connectivity index (χ0) is 17.3. The zero-order valence-electron chi connectivity index (χ0n) is 14.5. The van der Waals surface area contributed by atoms with E-state index in [0.717, 1.165) is 18.5 Å². The first-order chi connectivity index (χ1) is 11.4. The van der Waals surface area contributed by atoms with Gasteiger partial charge in [-0.1, -0.05) is 38.1 Å².